The van der Waals surface area contributed by atoms with Crippen LogP contribution in [0.25, 0.3) is 0 Å². The largest absolute Gasteiger partial charge is 0.336 e. The number of nitrogens with zero attached hydrogens (tertiary/aromatic N) is 1. The molecule has 1 aromatic rings. The summed E-state index contributed by atoms with van der Waals surface area (Å²) in [5, 5.41) is 5.42. The number of amides is 3. The summed E-state index contributed by atoms with van der Waals surface area (Å²) in [4.78, 5) is 25.0. The Labute approximate surface area is 98.8 Å². The minimum absolute atomic E-state index is 0.0348. The second-order valence-electron chi connectivity index (χ2n) is 4.33. The molecule has 1 aromatic carbocycles. The van der Waals surface area contributed by atoms with Crippen LogP contribution in [0.4, 0.5) is 4.79 Å². The zero-order valence-electron chi connectivity index (χ0n) is 9.27. The van der Waals surface area contributed by atoms with Crippen molar-refractivity contribution in [1.82, 2.24) is 15.5 Å². The molecule has 2 aliphatic heterocycles. The minimum atomic E-state index is -0.162. The second-order valence-corrected chi connectivity index (χ2v) is 4.33. The molecule has 0 spiro atoms. The molecular weight excluding hydrogens is 218 g/mol. The zero-order chi connectivity index (χ0) is 11.8. The molecule has 2 aliphatic rings. The molecular formula is C12H13N3O2. The monoisotopic (exact) mass is 231 g/mol. The number of nitrogens with one attached hydrogen (secondary N) is 2. The SMILES string of the molecule is O=C1NCC(N2Cc3ccccc3C2=O)CN1. The number of carbonyl (C=O) groups excluding carboxylic acids is 2. The van der Waals surface area contributed by atoms with E-state index in [1.54, 1.807) is 0 Å². The number of benzene rings is 1. The van der Waals surface area contributed by atoms with Gasteiger partial charge in [-0.1, -0.05) is 18.2 Å². The van der Waals surface area contributed by atoms with Crippen molar-refractivity contribution in [3.63, 3.8) is 0 Å². The molecule has 1 saturated heterocycles. The van der Waals surface area contributed by atoms with Gasteiger partial charge in [-0.3, -0.25) is 4.79 Å². The van der Waals surface area contributed by atoms with Crippen LogP contribution in [0.15, 0.2) is 24.3 Å². The van der Waals surface area contributed by atoms with E-state index in [2.05, 4.69) is 10.6 Å². The third-order valence-electron chi connectivity index (χ3n) is 3.29. The van der Waals surface area contributed by atoms with Gasteiger partial charge in [-0.15, -0.1) is 0 Å². The number of hydrogen-bond donors (Lipinski definition) is 2. The first-order valence-electron chi connectivity index (χ1n) is 5.66. The number of carbonyl (C=O) groups is 2. The fourth-order valence-corrected chi connectivity index (χ4v) is 2.35. The lowest BCUT2D eigenvalue weighted by Gasteiger charge is -2.31. The first-order valence-corrected chi connectivity index (χ1v) is 5.66. The van der Waals surface area contributed by atoms with Gasteiger partial charge in [-0.05, 0) is 11.6 Å². The summed E-state index contributed by atoms with van der Waals surface area (Å²) >= 11 is 0. The van der Waals surface area contributed by atoms with Gasteiger partial charge in [-0.2, -0.15) is 0 Å². The van der Waals surface area contributed by atoms with Crippen molar-refractivity contribution in [2.75, 3.05) is 13.1 Å². The predicted molar refractivity (Wildman–Crippen MR) is 61.5 cm³/mol. The molecule has 0 bridgehead atoms. The maximum absolute atomic E-state index is 12.2. The molecule has 0 aliphatic carbocycles. The van der Waals surface area contributed by atoms with E-state index in [1.807, 2.05) is 29.2 Å². The Morgan fingerprint density at radius 3 is 2.53 bits per heavy atom. The van der Waals surface area contributed by atoms with Crippen LogP contribution >= 0.6 is 0 Å². The van der Waals surface area contributed by atoms with E-state index in [1.165, 1.54) is 0 Å². The maximum Gasteiger partial charge on any atom is 0.314 e. The standard InChI is InChI=1S/C12H13N3O2/c16-11-10-4-2-1-3-8(10)7-15(11)9-5-13-12(17)14-6-9/h1-4,9H,5-7H2,(H2,13,14,17). The van der Waals surface area contributed by atoms with Gasteiger partial charge in [0.05, 0.1) is 6.04 Å². The highest BCUT2D eigenvalue weighted by molar-refractivity contribution is 5.98. The topological polar surface area (TPSA) is 61.4 Å². The first kappa shape index (κ1) is 10.1. The molecule has 1 fully saturated rings. The molecule has 3 rings (SSSR count). The summed E-state index contributed by atoms with van der Waals surface area (Å²) in [6.45, 7) is 1.67. The highest BCUT2D eigenvalue weighted by Crippen LogP contribution is 2.24. The van der Waals surface area contributed by atoms with Crippen LogP contribution in [-0.2, 0) is 6.54 Å². The van der Waals surface area contributed by atoms with Gasteiger partial charge >= 0.3 is 6.03 Å². The molecule has 0 radical (unpaired) electrons. The van der Waals surface area contributed by atoms with Gasteiger partial charge < -0.3 is 15.5 Å². The third kappa shape index (κ3) is 1.63. The summed E-state index contributed by atoms with van der Waals surface area (Å²) in [5.74, 6) is 0.0588. The van der Waals surface area contributed by atoms with Crippen LogP contribution in [0, 0.1) is 0 Å². The molecule has 2 N–H and O–H groups in total. The van der Waals surface area contributed by atoms with E-state index in [-0.39, 0.29) is 18.0 Å². The Balaban J connectivity index is 1.80. The normalized spacial score (nSPS) is 19.9. The quantitative estimate of drug-likeness (QED) is 0.731. The molecule has 5 heteroatoms. The Kier molecular flexibility index (Phi) is 2.24. The molecule has 0 atom stereocenters. The van der Waals surface area contributed by atoms with Gasteiger partial charge in [0.25, 0.3) is 5.91 Å². The number of rotatable bonds is 1. The molecule has 5 nitrogen and oxygen atoms in total. The first-order chi connectivity index (χ1) is 8.25. The van der Waals surface area contributed by atoms with Crippen molar-refractivity contribution in [2.24, 2.45) is 0 Å². The van der Waals surface area contributed by atoms with Gasteiger partial charge in [0.2, 0.25) is 0 Å². The number of fused-ring (bicyclic) bond motifs is 1. The minimum Gasteiger partial charge on any atom is -0.336 e. The summed E-state index contributed by atoms with van der Waals surface area (Å²) in [6, 6.07) is 7.52. The summed E-state index contributed by atoms with van der Waals surface area (Å²) in [5.41, 5.74) is 1.85. The van der Waals surface area contributed by atoms with Crippen LogP contribution < -0.4 is 10.6 Å². The molecule has 0 unspecified atom stereocenters. The van der Waals surface area contributed by atoms with Gasteiger partial charge in [-0.25, -0.2) is 4.79 Å². The molecule has 2 heterocycles. The van der Waals surface area contributed by atoms with Gasteiger partial charge in [0.1, 0.15) is 0 Å². The molecule has 17 heavy (non-hydrogen) atoms. The lowest BCUT2D eigenvalue weighted by Crippen LogP contribution is -2.57. The summed E-state index contributed by atoms with van der Waals surface area (Å²) in [6.07, 6.45) is 0. The molecule has 88 valence electrons. The lowest BCUT2D eigenvalue weighted by molar-refractivity contribution is 0.0692. The van der Waals surface area contributed by atoms with Crippen molar-refractivity contribution in [3.05, 3.63) is 35.4 Å². The van der Waals surface area contributed by atoms with Crippen molar-refractivity contribution in [1.29, 1.82) is 0 Å². The fraction of sp³-hybridized carbons (Fsp3) is 0.333. The van der Waals surface area contributed by atoms with Crippen LogP contribution in [-0.4, -0.2) is 36.0 Å². The Hall–Kier alpha value is -2.04. The van der Waals surface area contributed by atoms with E-state index in [0.29, 0.717) is 19.6 Å². The van der Waals surface area contributed by atoms with Crippen molar-refractivity contribution in [2.45, 2.75) is 12.6 Å². The van der Waals surface area contributed by atoms with E-state index in [9.17, 15) is 9.59 Å². The average Bonchev–Trinajstić information content (AvgIpc) is 2.69. The predicted octanol–water partition coefficient (Wildman–Crippen LogP) is 0.324. The smallest absolute Gasteiger partial charge is 0.314 e. The van der Waals surface area contributed by atoms with Crippen LogP contribution in [0.2, 0.25) is 0 Å². The lowest BCUT2D eigenvalue weighted by atomic mass is 10.1. The van der Waals surface area contributed by atoms with E-state index in [0.717, 1.165) is 11.1 Å². The van der Waals surface area contributed by atoms with Gasteiger partial charge in [0, 0.05) is 25.2 Å². The summed E-state index contributed by atoms with van der Waals surface area (Å²) in [7, 11) is 0. The number of hydrogen-bond acceptors (Lipinski definition) is 2. The highest BCUT2D eigenvalue weighted by atomic mass is 16.2. The van der Waals surface area contributed by atoms with E-state index >= 15 is 0 Å². The molecule has 0 aromatic heterocycles. The van der Waals surface area contributed by atoms with Crippen LogP contribution in [0.3, 0.4) is 0 Å². The van der Waals surface area contributed by atoms with Crippen molar-refractivity contribution < 1.29 is 9.59 Å². The third-order valence-corrected chi connectivity index (χ3v) is 3.29. The van der Waals surface area contributed by atoms with Crippen molar-refractivity contribution >= 4 is 11.9 Å². The Morgan fingerprint density at radius 1 is 1.12 bits per heavy atom. The average molecular weight is 231 g/mol. The fourth-order valence-electron chi connectivity index (χ4n) is 2.35. The Bertz CT molecular complexity index is 476. The van der Waals surface area contributed by atoms with Crippen LogP contribution in [0.5, 0.6) is 0 Å². The maximum atomic E-state index is 12.2. The van der Waals surface area contributed by atoms with Crippen molar-refractivity contribution in [3.8, 4) is 0 Å². The zero-order valence-corrected chi connectivity index (χ0v) is 9.27. The highest BCUT2D eigenvalue weighted by Gasteiger charge is 2.33. The number of urea groups is 1. The second kappa shape index (κ2) is 3.76. The Morgan fingerprint density at radius 2 is 1.82 bits per heavy atom. The molecule has 0 saturated carbocycles. The van der Waals surface area contributed by atoms with E-state index < -0.39 is 0 Å². The van der Waals surface area contributed by atoms with Gasteiger partial charge in [0.15, 0.2) is 0 Å². The van der Waals surface area contributed by atoms with E-state index in [4.69, 9.17) is 0 Å². The molecule has 3 amide bonds. The van der Waals surface area contributed by atoms with Crippen LogP contribution in [0.1, 0.15) is 15.9 Å². The summed E-state index contributed by atoms with van der Waals surface area (Å²) < 4.78 is 0.